The van der Waals surface area contributed by atoms with E-state index in [1.165, 1.54) is 5.56 Å². The SMILES string of the molecule is CN=C(NCC1CCN(S(=O)(=O)C(F)(F)F)CC1)NCC(C)(C)c1ccccc1. The van der Waals surface area contributed by atoms with Crippen molar-refractivity contribution in [1.82, 2.24) is 14.9 Å². The number of benzene rings is 1. The molecule has 0 spiro atoms. The van der Waals surface area contributed by atoms with Crippen molar-refractivity contribution in [2.75, 3.05) is 33.2 Å². The third kappa shape index (κ3) is 6.08. The molecule has 0 bridgehead atoms. The molecule has 0 saturated carbocycles. The van der Waals surface area contributed by atoms with E-state index in [4.69, 9.17) is 0 Å². The Bertz CT molecular complexity index is 787. The predicted octanol–water partition coefficient (Wildman–Crippen LogP) is 2.69. The van der Waals surface area contributed by atoms with Crippen LogP contribution in [0.15, 0.2) is 35.3 Å². The quantitative estimate of drug-likeness (QED) is 0.533. The molecule has 164 valence electrons. The molecule has 1 aliphatic heterocycles. The highest BCUT2D eigenvalue weighted by Crippen LogP contribution is 2.30. The summed E-state index contributed by atoms with van der Waals surface area (Å²) in [5, 5.41) is 6.48. The molecule has 1 saturated heterocycles. The van der Waals surface area contributed by atoms with Gasteiger partial charge in [-0.1, -0.05) is 44.2 Å². The van der Waals surface area contributed by atoms with Crippen molar-refractivity contribution < 1.29 is 21.6 Å². The van der Waals surface area contributed by atoms with Crippen molar-refractivity contribution in [2.24, 2.45) is 10.9 Å². The monoisotopic (exact) mass is 434 g/mol. The Morgan fingerprint density at radius 1 is 1.14 bits per heavy atom. The number of guanidine groups is 1. The molecule has 10 heteroatoms. The van der Waals surface area contributed by atoms with E-state index in [1.807, 2.05) is 18.2 Å². The van der Waals surface area contributed by atoms with Gasteiger partial charge in [-0.05, 0) is 24.3 Å². The van der Waals surface area contributed by atoms with Gasteiger partial charge in [-0.15, -0.1) is 0 Å². The lowest BCUT2D eigenvalue weighted by atomic mass is 9.85. The molecule has 2 N–H and O–H groups in total. The van der Waals surface area contributed by atoms with E-state index in [9.17, 15) is 21.6 Å². The summed E-state index contributed by atoms with van der Waals surface area (Å²) in [5.41, 5.74) is -4.16. The van der Waals surface area contributed by atoms with Crippen molar-refractivity contribution >= 4 is 16.0 Å². The van der Waals surface area contributed by atoms with Crippen LogP contribution in [-0.4, -0.2) is 57.4 Å². The van der Waals surface area contributed by atoms with Gasteiger partial charge in [-0.2, -0.15) is 17.5 Å². The van der Waals surface area contributed by atoms with Gasteiger partial charge < -0.3 is 10.6 Å². The minimum Gasteiger partial charge on any atom is -0.356 e. The number of hydrogen-bond acceptors (Lipinski definition) is 3. The number of piperidine rings is 1. The second-order valence-corrected chi connectivity index (χ2v) is 9.78. The average molecular weight is 435 g/mol. The molecule has 0 aromatic heterocycles. The van der Waals surface area contributed by atoms with Gasteiger partial charge >= 0.3 is 15.5 Å². The van der Waals surface area contributed by atoms with Crippen molar-refractivity contribution in [3.63, 3.8) is 0 Å². The molecule has 6 nitrogen and oxygen atoms in total. The molecular weight excluding hydrogens is 405 g/mol. The van der Waals surface area contributed by atoms with Gasteiger partial charge in [0.15, 0.2) is 5.96 Å². The molecule has 2 rings (SSSR count). The van der Waals surface area contributed by atoms with E-state index >= 15 is 0 Å². The maximum absolute atomic E-state index is 12.7. The van der Waals surface area contributed by atoms with E-state index in [0.717, 1.165) is 0 Å². The Morgan fingerprint density at radius 2 is 1.72 bits per heavy atom. The van der Waals surface area contributed by atoms with Gasteiger partial charge in [0.2, 0.25) is 0 Å². The summed E-state index contributed by atoms with van der Waals surface area (Å²) in [4.78, 5) is 4.20. The van der Waals surface area contributed by atoms with Crippen LogP contribution in [-0.2, 0) is 15.4 Å². The number of halogens is 3. The Labute approximate surface area is 170 Å². The number of rotatable bonds is 6. The summed E-state index contributed by atoms with van der Waals surface area (Å²) >= 11 is 0. The van der Waals surface area contributed by atoms with Crippen LogP contribution in [0, 0.1) is 5.92 Å². The molecule has 1 aromatic carbocycles. The zero-order valence-electron chi connectivity index (χ0n) is 17.0. The second-order valence-electron chi connectivity index (χ2n) is 7.85. The van der Waals surface area contributed by atoms with Crippen molar-refractivity contribution in [3.8, 4) is 0 Å². The zero-order chi connectivity index (χ0) is 21.7. The summed E-state index contributed by atoms with van der Waals surface area (Å²) in [6, 6.07) is 10.1. The number of hydrogen-bond donors (Lipinski definition) is 2. The molecule has 1 aliphatic rings. The minimum absolute atomic E-state index is 0.0790. The van der Waals surface area contributed by atoms with Crippen LogP contribution in [0.3, 0.4) is 0 Å². The lowest BCUT2D eigenvalue weighted by molar-refractivity contribution is -0.0496. The molecule has 0 amide bonds. The molecular formula is C19H29F3N4O2S. The average Bonchev–Trinajstić information content (AvgIpc) is 2.68. The highest BCUT2D eigenvalue weighted by Gasteiger charge is 2.50. The summed E-state index contributed by atoms with van der Waals surface area (Å²) in [6.07, 6.45) is 0.740. The van der Waals surface area contributed by atoms with Crippen LogP contribution in [0.2, 0.25) is 0 Å². The first-order valence-electron chi connectivity index (χ1n) is 9.54. The van der Waals surface area contributed by atoms with E-state index in [-0.39, 0.29) is 24.4 Å². The van der Waals surface area contributed by atoms with E-state index in [1.54, 1.807) is 7.05 Å². The fourth-order valence-corrected chi connectivity index (χ4v) is 4.24. The summed E-state index contributed by atoms with van der Waals surface area (Å²) in [6.45, 7) is 5.17. The van der Waals surface area contributed by atoms with Crippen LogP contribution in [0.1, 0.15) is 32.3 Å². The molecule has 0 aliphatic carbocycles. The third-order valence-corrected chi connectivity index (χ3v) is 6.87. The van der Waals surface area contributed by atoms with Crippen LogP contribution in [0.5, 0.6) is 0 Å². The maximum Gasteiger partial charge on any atom is 0.511 e. The molecule has 0 radical (unpaired) electrons. The predicted molar refractivity (Wildman–Crippen MR) is 108 cm³/mol. The summed E-state index contributed by atoms with van der Waals surface area (Å²) < 4.78 is 61.4. The Hall–Kier alpha value is -1.81. The van der Waals surface area contributed by atoms with E-state index in [0.29, 0.717) is 36.2 Å². The summed E-state index contributed by atoms with van der Waals surface area (Å²) in [5.74, 6) is 0.690. The fourth-order valence-electron chi connectivity index (χ4n) is 3.26. The molecule has 0 atom stereocenters. The number of nitrogens with zero attached hydrogens (tertiary/aromatic N) is 2. The Balaban J connectivity index is 1.81. The van der Waals surface area contributed by atoms with Crippen LogP contribution in [0.25, 0.3) is 0 Å². The lowest BCUT2D eigenvalue weighted by Gasteiger charge is -2.32. The second kappa shape index (κ2) is 9.34. The van der Waals surface area contributed by atoms with E-state index in [2.05, 4.69) is 41.6 Å². The largest absolute Gasteiger partial charge is 0.511 e. The smallest absolute Gasteiger partial charge is 0.356 e. The number of alkyl halides is 3. The van der Waals surface area contributed by atoms with Gasteiger partial charge in [0.1, 0.15) is 0 Å². The minimum atomic E-state index is -5.24. The third-order valence-electron chi connectivity index (χ3n) is 5.24. The first kappa shape index (κ1) is 23.5. The normalized spacial score (nSPS) is 17.9. The first-order chi connectivity index (χ1) is 13.5. The fraction of sp³-hybridized carbons (Fsp3) is 0.632. The molecule has 29 heavy (non-hydrogen) atoms. The Morgan fingerprint density at radius 3 is 2.24 bits per heavy atom. The highest BCUT2D eigenvalue weighted by molar-refractivity contribution is 7.90. The van der Waals surface area contributed by atoms with Crippen molar-refractivity contribution in [3.05, 3.63) is 35.9 Å². The van der Waals surface area contributed by atoms with Crippen LogP contribution >= 0.6 is 0 Å². The number of nitrogens with one attached hydrogen (secondary N) is 2. The summed E-state index contributed by atoms with van der Waals surface area (Å²) in [7, 11) is -3.58. The van der Waals surface area contributed by atoms with Gasteiger partial charge in [0.05, 0.1) is 0 Å². The highest BCUT2D eigenvalue weighted by atomic mass is 32.2. The maximum atomic E-state index is 12.7. The van der Waals surface area contributed by atoms with Gasteiger partial charge in [0, 0.05) is 38.6 Å². The van der Waals surface area contributed by atoms with E-state index < -0.39 is 15.5 Å². The first-order valence-corrected chi connectivity index (χ1v) is 11.0. The molecule has 0 unspecified atom stereocenters. The standard InChI is InChI=1S/C19H29F3N4O2S/c1-18(2,16-7-5-4-6-8-16)14-25-17(23-3)24-13-15-9-11-26(12-10-15)29(27,28)19(20,21)22/h4-8,15H,9-14H2,1-3H3,(H2,23,24,25). The van der Waals surface area contributed by atoms with Gasteiger partial charge in [-0.25, -0.2) is 8.42 Å². The number of sulfonamides is 1. The zero-order valence-corrected chi connectivity index (χ0v) is 17.8. The van der Waals surface area contributed by atoms with Crippen LogP contribution < -0.4 is 10.6 Å². The molecule has 1 heterocycles. The number of aliphatic imine (C=N–C) groups is 1. The Kier molecular flexibility index (Phi) is 7.56. The van der Waals surface area contributed by atoms with Gasteiger partial charge in [0.25, 0.3) is 0 Å². The van der Waals surface area contributed by atoms with Crippen molar-refractivity contribution in [1.29, 1.82) is 0 Å². The topological polar surface area (TPSA) is 73.8 Å². The lowest BCUT2D eigenvalue weighted by Crippen LogP contribution is -2.48. The van der Waals surface area contributed by atoms with Crippen molar-refractivity contribution in [2.45, 2.75) is 37.6 Å². The van der Waals surface area contributed by atoms with Gasteiger partial charge in [-0.3, -0.25) is 4.99 Å². The molecule has 1 aromatic rings. The molecule has 1 fully saturated rings. The van der Waals surface area contributed by atoms with Crippen LogP contribution in [0.4, 0.5) is 13.2 Å².